The number of aliphatic hydroxyl groups is 1. The van der Waals surface area contributed by atoms with Crippen LogP contribution in [0.2, 0.25) is 0 Å². The molecule has 3 unspecified atom stereocenters. The lowest BCUT2D eigenvalue weighted by molar-refractivity contribution is -0.155. The number of hydrogen-bond donors (Lipinski definition) is 1. The summed E-state index contributed by atoms with van der Waals surface area (Å²) in [4.78, 5) is 44.7. The molecule has 0 aromatic heterocycles. The molecule has 4 atom stereocenters. The highest BCUT2D eigenvalue weighted by molar-refractivity contribution is 5.86. The molecule has 0 bridgehead atoms. The minimum atomic E-state index is -0.419. The molecule has 1 saturated heterocycles. The van der Waals surface area contributed by atoms with Crippen LogP contribution in [0.5, 0.6) is 0 Å². The molecule has 0 aromatic carbocycles. The van der Waals surface area contributed by atoms with Gasteiger partial charge in [-0.1, -0.05) is 182 Å². The SMILES string of the molecule is CCCCCCCCC(CCCCCC)C(=O)OCCCCCC(CCCCCOC(=O)[C@@H]1CCCN1C(=O)C(CCCCCC)CCCCCCCC)N(C)CCCCO. The van der Waals surface area contributed by atoms with Crippen LogP contribution in [-0.4, -0.2) is 84.8 Å². The molecule has 1 aliphatic heterocycles. The Labute approximate surface area is 378 Å². The summed E-state index contributed by atoms with van der Waals surface area (Å²) in [7, 11) is 2.22. The molecule has 1 rings (SSSR count). The number of esters is 2. The molecule has 0 saturated carbocycles. The molecule has 1 aliphatic rings. The predicted octanol–water partition coefficient (Wildman–Crippen LogP) is 13.9. The molecule has 1 fully saturated rings. The number of ether oxygens (including phenoxy) is 2. The summed E-state index contributed by atoms with van der Waals surface area (Å²) in [6.45, 7) is 11.8. The average Bonchev–Trinajstić information content (AvgIpc) is 3.76. The van der Waals surface area contributed by atoms with Crippen molar-refractivity contribution in [3.8, 4) is 0 Å². The van der Waals surface area contributed by atoms with Crippen molar-refractivity contribution < 1.29 is 29.0 Å². The Kier molecular flexibility index (Phi) is 38.6. The second-order valence-corrected chi connectivity index (χ2v) is 19.0. The number of likely N-dealkylation sites (tertiary alicyclic amines) is 1. The van der Waals surface area contributed by atoms with Gasteiger partial charge in [-0.05, 0) is 90.6 Å². The maximum Gasteiger partial charge on any atom is 0.328 e. The number of nitrogens with zero attached hydrogens (tertiary/aromatic N) is 2. The van der Waals surface area contributed by atoms with Crippen molar-refractivity contribution in [2.45, 2.75) is 271 Å². The fraction of sp³-hybridized carbons (Fsp3) is 0.943. The third kappa shape index (κ3) is 29.4. The predicted molar refractivity (Wildman–Crippen MR) is 257 cm³/mol. The van der Waals surface area contributed by atoms with E-state index in [0.717, 1.165) is 135 Å². The number of amides is 1. The molecule has 1 heterocycles. The van der Waals surface area contributed by atoms with Gasteiger partial charge in [-0.25, -0.2) is 4.79 Å². The van der Waals surface area contributed by atoms with Crippen molar-refractivity contribution in [3.05, 3.63) is 0 Å². The van der Waals surface area contributed by atoms with Crippen LogP contribution in [0.25, 0.3) is 0 Å². The van der Waals surface area contributed by atoms with E-state index < -0.39 is 6.04 Å². The topological polar surface area (TPSA) is 96.4 Å². The number of rotatable bonds is 44. The number of hydrogen-bond acceptors (Lipinski definition) is 7. The Bertz CT molecular complexity index is 1020. The Morgan fingerprint density at radius 2 is 0.967 bits per heavy atom. The highest BCUT2D eigenvalue weighted by Crippen LogP contribution is 2.27. The number of carbonyl (C=O) groups excluding carboxylic acids is 3. The first-order chi connectivity index (χ1) is 29.8. The van der Waals surface area contributed by atoms with Crippen LogP contribution in [0, 0.1) is 11.8 Å². The first-order valence-electron chi connectivity index (χ1n) is 26.8. The molecule has 61 heavy (non-hydrogen) atoms. The van der Waals surface area contributed by atoms with E-state index >= 15 is 0 Å². The molecule has 0 aromatic rings. The Balaban J connectivity index is 2.53. The van der Waals surface area contributed by atoms with Gasteiger partial charge in [0.2, 0.25) is 5.91 Å². The van der Waals surface area contributed by atoms with Gasteiger partial charge in [0.05, 0.1) is 19.1 Å². The highest BCUT2D eigenvalue weighted by atomic mass is 16.5. The Hall–Kier alpha value is -1.67. The van der Waals surface area contributed by atoms with Crippen molar-refractivity contribution in [2.75, 3.05) is 40.0 Å². The first kappa shape index (κ1) is 57.3. The van der Waals surface area contributed by atoms with Gasteiger partial charge >= 0.3 is 11.9 Å². The fourth-order valence-electron chi connectivity index (χ4n) is 9.38. The van der Waals surface area contributed by atoms with E-state index in [2.05, 4.69) is 39.6 Å². The highest BCUT2D eigenvalue weighted by Gasteiger charge is 2.37. The molecular weight excluding hydrogens is 761 g/mol. The van der Waals surface area contributed by atoms with E-state index in [0.29, 0.717) is 25.8 Å². The van der Waals surface area contributed by atoms with Crippen molar-refractivity contribution in [1.29, 1.82) is 0 Å². The summed E-state index contributed by atoms with van der Waals surface area (Å²) in [6.07, 6.45) is 39.9. The average molecular weight is 863 g/mol. The summed E-state index contributed by atoms with van der Waals surface area (Å²) in [5.41, 5.74) is 0. The monoisotopic (exact) mass is 863 g/mol. The zero-order chi connectivity index (χ0) is 44.6. The lowest BCUT2D eigenvalue weighted by Gasteiger charge is -2.28. The normalized spacial score (nSPS) is 15.7. The minimum Gasteiger partial charge on any atom is -0.465 e. The largest absolute Gasteiger partial charge is 0.465 e. The summed E-state index contributed by atoms with van der Waals surface area (Å²) in [5.74, 6) is 0.119. The molecule has 360 valence electrons. The maximum absolute atomic E-state index is 13.9. The standard InChI is InChI=1S/C53H102N2O6/c1-6-10-14-18-20-26-36-47(35-24-16-12-8-3)51(57)55-43-34-41-50(55)53(59)61-46-33-23-29-40-49(54(5)42-30-31-44-56)39-28-22-32-45-60-52(58)48(37-25-17-13-9-4)38-27-21-19-15-11-7-2/h47-50,56H,6-46H2,1-5H3/t47?,48?,49?,50-/m0/s1. The van der Waals surface area contributed by atoms with Crippen molar-refractivity contribution in [3.63, 3.8) is 0 Å². The molecule has 8 heteroatoms. The zero-order valence-corrected chi connectivity index (χ0v) is 41.2. The van der Waals surface area contributed by atoms with Crippen LogP contribution in [0.3, 0.4) is 0 Å². The van der Waals surface area contributed by atoms with E-state index in [1.165, 1.54) is 103 Å². The maximum atomic E-state index is 13.9. The third-order valence-electron chi connectivity index (χ3n) is 13.5. The second kappa shape index (κ2) is 41.1. The number of carbonyl (C=O) groups is 3. The molecule has 0 spiro atoms. The van der Waals surface area contributed by atoms with E-state index in [9.17, 15) is 19.5 Å². The van der Waals surface area contributed by atoms with Crippen LogP contribution in [-0.2, 0) is 23.9 Å². The molecule has 8 nitrogen and oxygen atoms in total. The van der Waals surface area contributed by atoms with E-state index in [4.69, 9.17) is 9.47 Å². The quantitative estimate of drug-likeness (QED) is 0.0481. The lowest BCUT2D eigenvalue weighted by atomic mass is 9.92. The van der Waals surface area contributed by atoms with E-state index in [1.54, 1.807) is 0 Å². The lowest BCUT2D eigenvalue weighted by Crippen LogP contribution is -2.44. The number of aliphatic hydroxyl groups excluding tert-OH is 1. The molecule has 0 aliphatic carbocycles. The Morgan fingerprint density at radius 1 is 0.541 bits per heavy atom. The van der Waals surface area contributed by atoms with Crippen molar-refractivity contribution in [2.24, 2.45) is 11.8 Å². The number of unbranched alkanes of at least 4 members (excludes halogenated alkanes) is 21. The molecule has 0 radical (unpaired) electrons. The first-order valence-corrected chi connectivity index (χ1v) is 26.8. The molecule has 1 N–H and O–H groups in total. The van der Waals surface area contributed by atoms with Gasteiger partial charge in [-0.2, -0.15) is 0 Å². The van der Waals surface area contributed by atoms with Crippen LogP contribution in [0.15, 0.2) is 0 Å². The van der Waals surface area contributed by atoms with Crippen LogP contribution in [0.1, 0.15) is 259 Å². The van der Waals surface area contributed by atoms with Gasteiger partial charge in [0.15, 0.2) is 0 Å². The van der Waals surface area contributed by atoms with Gasteiger partial charge in [0, 0.05) is 25.1 Å². The van der Waals surface area contributed by atoms with E-state index in [-0.39, 0.29) is 36.3 Å². The van der Waals surface area contributed by atoms with Crippen LogP contribution in [0.4, 0.5) is 0 Å². The van der Waals surface area contributed by atoms with Crippen LogP contribution < -0.4 is 0 Å². The summed E-state index contributed by atoms with van der Waals surface area (Å²) in [5, 5.41) is 9.36. The summed E-state index contributed by atoms with van der Waals surface area (Å²) in [6, 6.07) is 0.0516. The minimum absolute atomic E-state index is 0.0332. The van der Waals surface area contributed by atoms with Gasteiger partial charge in [0.1, 0.15) is 6.04 Å². The van der Waals surface area contributed by atoms with E-state index in [1.807, 2.05) is 4.90 Å². The molecular formula is C53H102N2O6. The van der Waals surface area contributed by atoms with Crippen molar-refractivity contribution in [1.82, 2.24) is 9.80 Å². The fourth-order valence-corrected chi connectivity index (χ4v) is 9.38. The molecule has 1 amide bonds. The van der Waals surface area contributed by atoms with Gasteiger partial charge < -0.3 is 24.4 Å². The van der Waals surface area contributed by atoms with Gasteiger partial charge in [-0.15, -0.1) is 0 Å². The smallest absolute Gasteiger partial charge is 0.328 e. The second-order valence-electron chi connectivity index (χ2n) is 19.0. The third-order valence-corrected chi connectivity index (χ3v) is 13.5. The summed E-state index contributed by atoms with van der Waals surface area (Å²) >= 11 is 0. The summed E-state index contributed by atoms with van der Waals surface area (Å²) < 4.78 is 11.7. The van der Waals surface area contributed by atoms with Gasteiger partial charge in [-0.3, -0.25) is 9.59 Å². The Morgan fingerprint density at radius 3 is 1.48 bits per heavy atom. The van der Waals surface area contributed by atoms with Crippen molar-refractivity contribution >= 4 is 17.8 Å². The van der Waals surface area contributed by atoms with Gasteiger partial charge in [0.25, 0.3) is 0 Å². The zero-order valence-electron chi connectivity index (χ0n) is 41.2. The van der Waals surface area contributed by atoms with Crippen LogP contribution >= 0.6 is 0 Å².